The average molecular weight is 397 g/mol. The number of carbonyl (C=O) groups excluding carboxylic acids is 1. The number of halogens is 1. The van der Waals surface area contributed by atoms with E-state index in [4.69, 9.17) is 16.6 Å². The molecular formula is C22H25ClN4O. The van der Waals surface area contributed by atoms with E-state index in [1.54, 1.807) is 0 Å². The second kappa shape index (κ2) is 8.33. The lowest BCUT2D eigenvalue weighted by Crippen LogP contribution is -2.40. The minimum absolute atomic E-state index is 0.0687. The highest BCUT2D eigenvalue weighted by Crippen LogP contribution is 2.21. The first-order valence-electron chi connectivity index (χ1n) is 9.75. The van der Waals surface area contributed by atoms with Crippen molar-refractivity contribution >= 4 is 28.5 Å². The molecule has 1 fully saturated rings. The van der Waals surface area contributed by atoms with Gasteiger partial charge in [-0.1, -0.05) is 41.9 Å². The monoisotopic (exact) mass is 396 g/mol. The van der Waals surface area contributed by atoms with Crippen molar-refractivity contribution in [2.24, 2.45) is 13.0 Å². The first-order chi connectivity index (χ1) is 13.6. The number of amides is 1. The molecule has 0 atom stereocenters. The van der Waals surface area contributed by atoms with E-state index < -0.39 is 0 Å². The van der Waals surface area contributed by atoms with Crippen molar-refractivity contribution < 1.29 is 4.79 Å². The first kappa shape index (κ1) is 19.0. The molecule has 0 bridgehead atoms. The Kier molecular flexibility index (Phi) is 5.64. The topological polar surface area (TPSA) is 50.2 Å². The third-order valence-corrected chi connectivity index (χ3v) is 5.98. The summed E-state index contributed by atoms with van der Waals surface area (Å²) in [5.41, 5.74) is 3.15. The number of para-hydroxylation sites is 2. The average Bonchev–Trinajstić information content (AvgIpc) is 3.03. The lowest BCUT2D eigenvalue weighted by molar-refractivity contribution is -0.126. The Bertz CT molecular complexity index is 976. The normalized spacial score (nSPS) is 15.8. The number of fused-ring (bicyclic) bond motifs is 1. The number of nitrogens with zero attached hydrogens (tertiary/aromatic N) is 3. The summed E-state index contributed by atoms with van der Waals surface area (Å²) in [6.45, 7) is 3.12. The molecule has 0 unspecified atom stereocenters. The molecule has 2 heterocycles. The van der Waals surface area contributed by atoms with E-state index in [-0.39, 0.29) is 11.8 Å². The largest absolute Gasteiger partial charge is 0.352 e. The van der Waals surface area contributed by atoms with Crippen molar-refractivity contribution in [2.45, 2.75) is 25.9 Å². The molecule has 1 saturated heterocycles. The predicted octanol–water partition coefficient (Wildman–Crippen LogP) is 3.76. The van der Waals surface area contributed by atoms with Crippen molar-refractivity contribution in [1.29, 1.82) is 0 Å². The number of likely N-dealkylation sites (tertiary alicyclic amines) is 1. The van der Waals surface area contributed by atoms with Gasteiger partial charge in [-0.2, -0.15) is 0 Å². The van der Waals surface area contributed by atoms with Gasteiger partial charge in [0.1, 0.15) is 5.82 Å². The maximum atomic E-state index is 12.5. The number of carbonyl (C=O) groups is 1. The van der Waals surface area contributed by atoms with Crippen LogP contribution in [0.1, 0.15) is 24.2 Å². The van der Waals surface area contributed by atoms with Gasteiger partial charge in [-0.05, 0) is 49.7 Å². The van der Waals surface area contributed by atoms with E-state index in [2.05, 4.69) is 27.9 Å². The van der Waals surface area contributed by atoms with Crippen LogP contribution in [0.5, 0.6) is 0 Å². The fraction of sp³-hybridized carbons (Fsp3) is 0.364. The van der Waals surface area contributed by atoms with Crippen LogP contribution in [-0.2, 0) is 24.9 Å². The number of piperidine rings is 1. The third-order valence-electron chi connectivity index (χ3n) is 5.61. The molecule has 0 radical (unpaired) electrons. The summed E-state index contributed by atoms with van der Waals surface area (Å²) < 4.78 is 2.16. The number of aromatic nitrogens is 2. The number of aryl methyl sites for hydroxylation is 1. The van der Waals surface area contributed by atoms with Gasteiger partial charge in [-0.15, -0.1) is 0 Å². The van der Waals surface area contributed by atoms with Gasteiger partial charge in [-0.3, -0.25) is 9.69 Å². The molecule has 5 nitrogen and oxygen atoms in total. The minimum Gasteiger partial charge on any atom is -0.352 e. The molecule has 0 spiro atoms. The number of rotatable bonds is 5. The lowest BCUT2D eigenvalue weighted by Gasteiger charge is -2.31. The minimum atomic E-state index is 0.0687. The Labute approximate surface area is 170 Å². The summed E-state index contributed by atoms with van der Waals surface area (Å²) >= 11 is 6.17. The molecule has 28 heavy (non-hydrogen) atoms. The summed E-state index contributed by atoms with van der Waals surface area (Å²) in [5.74, 6) is 1.27. The maximum absolute atomic E-state index is 12.5. The van der Waals surface area contributed by atoms with E-state index in [1.165, 1.54) is 0 Å². The SMILES string of the molecule is Cn1c(CN2CCC(C(=O)NCc3ccccc3Cl)CC2)nc2ccccc21. The van der Waals surface area contributed by atoms with Crippen LogP contribution in [0, 0.1) is 5.92 Å². The Balaban J connectivity index is 1.30. The maximum Gasteiger partial charge on any atom is 0.223 e. The molecule has 4 rings (SSSR count). The van der Waals surface area contributed by atoms with Gasteiger partial charge in [0, 0.05) is 24.5 Å². The van der Waals surface area contributed by atoms with Gasteiger partial charge in [0.25, 0.3) is 0 Å². The van der Waals surface area contributed by atoms with Gasteiger partial charge >= 0.3 is 0 Å². The van der Waals surface area contributed by atoms with Gasteiger partial charge in [0.2, 0.25) is 5.91 Å². The Morgan fingerprint density at radius 3 is 2.61 bits per heavy atom. The van der Waals surface area contributed by atoms with Gasteiger partial charge in [-0.25, -0.2) is 4.98 Å². The zero-order chi connectivity index (χ0) is 19.5. The standard InChI is InChI=1S/C22H25ClN4O/c1-26-20-9-5-4-8-19(20)25-21(26)15-27-12-10-16(11-13-27)22(28)24-14-17-6-2-3-7-18(17)23/h2-9,16H,10-15H2,1H3,(H,24,28). The molecule has 6 heteroatoms. The third kappa shape index (κ3) is 4.05. The predicted molar refractivity (Wildman–Crippen MR) is 112 cm³/mol. The second-order valence-corrected chi connectivity index (χ2v) is 7.84. The van der Waals surface area contributed by atoms with E-state index in [9.17, 15) is 4.79 Å². The van der Waals surface area contributed by atoms with E-state index >= 15 is 0 Å². The molecule has 2 aromatic carbocycles. The number of hydrogen-bond acceptors (Lipinski definition) is 3. The van der Waals surface area contributed by atoms with Crippen LogP contribution in [-0.4, -0.2) is 33.4 Å². The zero-order valence-electron chi connectivity index (χ0n) is 16.1. The van der Waals surface area contributed by atoms with Gasteiger partial charge in [0.05, 0.1) is 17.6 Å². The van der Waals surface area contributed by atoms with Crippen LogP contribution in [0.2, 0.25) is 5.02 Å². The van der Waals surface area contributed by atoms with Crippen molar-refractivity contribution in [3.05, 3.63) is 64.9 Å². The van der Waals surface area contributed by atoms with Crippen LogP contribution >= 0.6 is 11.6 Å². The number of imidazole rings is 1. The molecule has 1 aromatic heterocycles. The Hall–Kier alpha value is -2.37. The smallest absolute Gasteiger partial charge is 0.223 e. The van der Waals surface area contributed by atoms with Gasteiger partial charge in [0.15, 0.2) is 0 Å². The number of hydrogen-bond donors (Lipinski definition) is 1. The lowest BCUT2D eigenvalue weighted by atomic mass is 9.96. The van der Waals surface area contributed by atoms with E-state index in [1.807, 2.05) is 42.5 Å². The summed E-state index contributed by atoms with van der Waals surface area (Å²) in [4.78, 5) is 19.7. The highest BCUT2D eigenvalue weighted by Gasteiger charge is 2.25. The number of nitrogens with one attached hydrogen (secondary N) is 1. The van der Waals surface area contributed by atoms with Crippen LogP contribution < -0.4 is 5.32 Å². The van der Waals surface area contributed by atoms with Crippen molar-refractivity contribution in [1.82, 2.24) is 19.8 Å². The highest BCUT2D eigenvalue weighted by molar-refractivity contribution is 6.31. The Morgan fingerprint density at radius 2 is 1.86 bits per heavy atom. The van der Waals surface area contributed by atoms with Crippen molar-refractivity contribution in [3.8, 4) is 0 Å². The molecule has 3 aromatic rings. The van der Waals surface area contributed by atoms with Crippen LogP contribution in [0.15, 0.2) is 48.5 Å². The molecule has 1 amide bonds. The fourth-order valence-electron chi connectivity index (χ4n) is 3.86. The Morgan fingerprint density at radius 1 is 1.14 bits per heavy atom. The summed E-state index contributed by atoms with van der Waals surface area (Å²) in [6, 6.07) is 15.8. The summed E-state index contributed by atoms with van der Waals surface area (Å²) in [5, 5.41) is 3.74. The first-order valence-corrected chi connectivity index (χ1v) is 10.1. The molecule has 1 aliphatic heterocycles. The van der Waals surface area contributed by atoms with Crippen LogP contribution in [0.25, 0.3) is 11.0 Å². The van der Waals surface area contributed by atoms with Crippen molar-refractivity contribution in [3.63, 3.8) is 0 Å². The highest BCUT2D eigenvalue weighted by atomic mass is 35.5. The molecule has 1 N–H and O–H groups in total. The quantitative estimate of drug-likeness (QED) is 0.714. The summed E-state index contributed by atoms with van der Waals surface area (Å²) in [7, 11) is 2.07. The van der Waals surface area contributed by atoms with Crippen molar-refractivity contribution in [2.75, 3.05) is 13.1 Å². The second-order valence-electron chi connectivity index (χ2n) is 7.44. The molecular weight excluding hydrogens is 372 g/mol. The molecule has 0 aliphatic carbocycles. The van der Waals surface area contributed by atoms with E-state index in [0.717, 1.165) is 54.9 Å². The molecule has 0 saturated carbocycles. The van der Waals surface area contributed by atoms with Crippen LogP contribution in [0.4, 0.5) is 0 Å². The summed E-state index contributed by atoms with van der Waals surface area (Å²) in [6.07, 6.45) is 1.75. The number of benzene rings is 2. The van der Waals surface area contributed by atoms with E-state index in [0.29, 0.717) is 11.6 Å². The zero-order valence-corrected chi connectivity index (χ0v) is 16.8. The van der Waals surface area contributed by atoms with Crippen LogP contribution in [0.3, 0.4) is 0 Å². The molecule has 146 valence electrons. The van der Waals surface area contributed by atoms with Gasteiger partial charge < -0.3 is 9.88 Å². The molecule has 1 aliphatic rings. The fourth-order valence-corrected chi connectivity index (χ4v) is 4.06.